The van der Waals surface area contributed by atoms with E-state index in [9.17, 15) is 9.59 Å². The van der Waals surface area contributed by atoms with Crippen LogP contribution in [0.15, 0.2) is 33.7 Å². The van der Waals surface area contributed by atoms with Gasteiger partial charge in [0.25, 0.3) is 11.5 Å². The standard InChI is InChI=1S/C13H14N2O3/c1-8-6-9(2)15-13(17)11(8)12(16)14-7-10-4-3-5-18-10/h3-6H,7H2,1-2H3,(H,14,16)(H,15,17). The molecule has 2 aromatic heterocycles. The average molecular weight is 246 g/mol. The van der Waals surface area contributed by atoms with E-state index in [1.165, 1.54) is 6.26 Å². The second-order valence-corrected chi connectivity index (χ2v) is 4.10. The second-order valence-electron chi connectivity index (χ2n) is 4.10. The SMILES string of the molecule is Cc1cc(C)c(C(=O)NCc2ccco2)c(=O)[nH]1. The first-order valence-electron chi connectivity index (χ1n) is 5.59. The van der Waals surface area contributed by atoms with Gasteiger partial charge in [-0.2, -0.15) is 0 Å². The molecule has 0 unspecified atom stereocenters. The zero-order valence-electron chi connectivity index (χ0n) is 10.2. The predicted molar refractivity (Wildman–Crippen MR) is 66.4 cm³/mol. The van der Waals surface area contributed by atoms with Crippen LogP contribution in [0.5, 0.6) is 0 Å². The average Bonchev–Trinajstić information content (AvgIpc) is 2.77. The number of aryl methyl sites for hydroxylation is 2. The van der Waals surface area contributed by atoms with Gasteiger partial charge in [0.2, 0.25) is 0 Å². The molecule has 5 heteroatoms. The summed E-state index contributed by atoms with van der Waals surface area (Å²) in [6.45, 7) is 3.78. The van der Waals surface area contributed by atoms with Crippen LogP contribution < -0.4 is 10.9 Å². The molecule has 2 N–H and O–H groups in total. The maximum absolute atomic E-state index is 11.9. The van der Waals surface area contributed by atoms with Gasteiger partial charge in [0.15, 0.2) is 0 Å². The fraction of sp³-hybridized carbons (Fsp3) is 0.231. The molecule has 2 rings (SSSR count). The van der Waals surface area contributed by atoms with E-state index in [2.05, 4.69) is 10.3 Å². The van der Waals surface area contributed by atoms with Crippen molar-refractivity contribution in [1.82, 2.24) is 10.3 Å². The van der Waals surface area contributed by atoms with E-state index < -0.39 is 5.91 Å². The molecule has 0 aliphatic rings. The van der Waals surface area contributed by atoms with Crippen LogP contribution in [0.25, 0.3) is 0 Å². The maximum atomic E-state index is 11.9. The fourth-order valence-corrected chi connectivity index (χ4v) is 1.80. The molecule has 2 heterocycles. The van der Waals surface area contributed by atoms with Crippen molar-refractivity contribution in [2.24, 2.45) is 0 Å². The van der Waals surface area contributed by atoms with E-state index in [1.807, 2.05) is 0 Å². The molecule has 2 aromatic rings. The third-order valence-electron chi connectivity index (χ3n) is 2.60. The summed E-state index contributed by atoms with van der Waals surface area (Å²) in [5.74, 6) is 0.245. The Kier molecular flexibility index (Phi) is 3.32. The van der Waals surface area contributed by atoms with Crippen LogP contribution in [0, 0.1) is 13.8 Å². The lowest BCUT2D eigenvalue weighted by Gasteiger charge is -2.06. The predicted octanol–water partition coefficient (Wildman–Crippen LogP) is 1.51. The zero-order chi connectivity index (χ0) is 13.1. The van der Waals surface area contributed by atoms with Crippen LogP contribution in [-0.4, -0.2) is 10.9 Å². The maximum Gasteiger partial charge on any atom is 0.261 e. The molecule has 0 atom stereocenters. The first-order chi connectivity index (χ1) is 8.58. The van der Waals surface area contributed by atoms with Crippen LogP contribution in [0.1, 0.15) is 27.4 Å². The lowest BCUT2D eigenvalue weighted by Crippen LogP contribution is -2.30. The molecule has 18 heavy (non-hydrogen) atoms. The van der Waals surface area contributed by atoms with Gasteiger partial charge in [0.05, 0.1) is 12.8 Å². The summed E-state index contributed by atoms with van der Waals surface area (Å²) >= 11 is 0. The normalized spacial score (nSPS) is 10.3. The molecule has 0 fully saturated rings. The second kappa shape index (κ2) is 4.91. The number of aromatic amines is 1. The Hall–Kier alpha value is -2.30. The Balaban J connectivity index is 2.17. The van der Waals surface area contributed by atoms with E-state index in [0.717, 1.165) is 5.69 Å². The Bertz CT molecular complexity index is 612. The third kappa shape index (κ3) is 2.51. The number of aromatic nitrogens is 1. The summed E-state index contributed by atoms with van der Waals surface area (Å²) in [6, 6.07) is 5.27. The zero-order valence-corrected chi connectivity index (χ0v) is 10.2. The van der Waals surface area contributed by atoms with Crippen molar-refractivity contribution in [3.8, 4) is 0 Å². The van der Waals surface area contributed by atoms with Gasteiger partial charge in [-0.25, -0.2) is 0 Å². The van der Waals surface area contributed by atoms with Crippen LogP contribution in [0.4, 0.5) is 0 Å². The van der Waals surface area contributed by atoms with Crippen molar-refractivity contribution in [2.75, 3.05) is 0 Å². The Morgan fingerprint density at radius 2 is 2.22 bits per heavy atom. The monoisotopic (exact) mass is 246 g/mol. The number of carbonyl (C=O) groups excluding carboxylic acids is 1. The van der Waals surface area contributed by atoms with Gasteiger partial charge in [-0.1, -0.05) is 0 Å². The van der Waals surface area contributed by atoms with Crippen molar-refractivity contribution in [1.29, 1.82) is 0 Å². The molecule has 94 valence electrons. The minimum absolute atomic E-state index is 0.146. The Morgan fingerprint density at radius 3 is 2.83 bits per heavy atom. The van der Waals surface area contributed by atoms with Gasteiger partial charge in [-0.05, 0) is 37.6 Å². The first kappa shape index (κ1) is 12.2. The smallest absolute Gasteiger partial charge is 0.261 e. The minimum atomic E-state index is -0.398. The molecule has 0 aliphatic carbocycles. The summed E-state index contributed by atoms with van der Waals surface area (Å²) in [5.41, 5.74) is 1.17. The molecular weight excluding hydrogens is 232 g/mol. The molecular formula is C13H14N2O3. The van der Waals surface area contributed by atoms with Crippen molar-refractivity contribution >= 4 is 5.91 Å². The number of furan rings is 1. The highest BCUT2D eigenvalue weighted by Gasteiger charge is 2.14. The first-order valence-corrected chi connectivity index (χ1v) is 5.59. The highest BCUT2D eigenvalue weighted by molar-refractivity contribution is 5.95. The van der Waals surface area contributed by atoms with Gasteiger partial charge < -0.3 is 14.7 Å². The topological polar surface area (TPSA) is 75.1 Å². The summed E-state index contributed by atoms with van der Waals surface area (Å²) in [6.07, 6.45) is 1.53. The largest absolute Gasteiger partial charge is 0.467 e. The molecule has 0 spiro atoms. The fourth-order valence-electron chi connectivity index (χ4n) is 1.80. The summed E-state index contributed by atoms with van der Waals surface area (Å²) in [4.78, 5) is 26.3. The van der Waals surface area contributed by atoms with E-state index in [1.54, 1.807) is 32.0 Å². The number of carbonyl (C=O) groups is 1. The molecule has 0 aromatic carbocycles. The number of H-pyrrole nitrogens is 1. The van der Waals surface area contributed by atoms with Crippen molar-refractivity contribution in [2.45, 2.75) is 20.4 Å². The number of amides is 1. The molecule has 0 saturated heterocycles. The van der Waals surface area contributed by atoms with Crippen molar-refractivity contribution in [3.05, 3.63) is 57.4 Å². The lowest BCUT2D eigenvalue weighted by molar-refractivity contribution is 0.0946. The molecule has 5 nitrogen and oxygen atoms in total. The molecule has 0 bridgehead atoms. The van der Waals surface area contributed by atoms with Gasteiger partial charge in [0, 0.05) is 5.69 Å². The van der Waals surface area contributed by atoms with Gasteiger partial charge in [-0.3, -0.25) is 9.59 Å². The van der Waals surface area contributed by atoms with Crippen LogP contribution in [0.2, 0.25) is 0 Å². The van der Waals surface area contributed by atoms with Crippen LogP contribution in [-0.2, 0) is 6.54 Å². The lowest BCUT2D eigenvalue weighted by atomic mass is 10.1. The van der Waals surface area contributed by atoms with E-state index in [0.29, 0.717) is 11.3 Å². The molecule has 0 saturated carbocycles. The van der Waals surface area contributed by atoms with Crippen molar-refractivity contribution in [3.63, 3.8) is 0 Å². The molecule has 0 aliphatic heterocycles. The van der Waals surface area contributed by atoms with E-state index in [4.69, 9.17) is 4.42 Å². The quantitative estimate of drug-likeness (QED) is 0.862. The number of hydrogen-bond acceptors (Lipinski definition) is 3. The van der Waals surface area contributed by atoms with E-state index in [-0.39, 0.29) is 17.7 Å². The molecule has 0 radical (unpaired) electrons. The van der Waals surface area contributed by atoms with Gasteiger partial charge in [0.1, 0.15) is 11.3 Å². The Labute approximate surface area is 104 Å². The van der Waals surface area contributed by atoms with Crippen molar-refractivity contribution < 1.29 is 9.21 Å². The number of pyridine rings is 1. The molecule has 1 amide bonds. The third-order valence-corrected chi connectivity index (χ3v) is 2.60. The van der Waals surface area contributed by atoms with Gasteiger partial charge >= 0.3 is 0 Å². The van der Waals surface area contributed by atoms with Crippen LogP contribution >= 0.6 is 0 Å². The minimum Gasteiger partial charge on any atom is -0.467 e. The number of rotatable bonds is 3. The summed E-state index contributed by atoms with van der Waals surface area (Å²) in [7, 11) is 0. The Morgan fingerprint density at radius 1 is 1.44 bits per heavy atom. The summed E-state index contributed by atoms with van der Waals surface area (Å²) < 4.78 is 5.10. The van der Waals surface area contributed by atoms with E-state index >= 15 is 0 Å². The number of nitrogens with one attached hydrogen (secondary N) is 2. The van der Waals surface area contributed by atoms with Crippen LogP contribution in [0.3, 0.4) is 0 Å². The van der Waals surface area contributed by atoms with Gasteiger partial charge in [-0.15, -0.1) is 0 Å². The summed E-state index contributed by atoms with van der Waals surface area (Å²) in [5, 5.41) is 2.65. The number of hydrogen-bond donors (Lipinski definition) is 2. The highest BCUT2D eigenvalue weighted by Crippen LogP contribution is 2.04. The highest BCUT2D eigenvalue weighted by atomic mass is 16.3.